The second-order valence-corrected chi connectivity index (χ2v) is 5.77. The highest BCUT2D eigenvalue weighted by molar-refractivity contribution is 5.92. The lowest BCUT2D eigenvalue weighted by Crippen LogP contribution is -2.32. The summed E-state index contributed by atoms with van der Waals surface area (Å²) in [6.07, 6.45) is 5.73. The molecular formula is C14H22N8O. The topological polar surface area (TPSA) is 113 Å². The van der Waals surface area contributed by atoms with E-state index in [0.29, 0.717) is 17.6 Å². The second-order valence-electron chi connectivity index (χ2n) is 5.77. The maximum atomic E-state index is 12.4. The molecule has 9 heteroatoms. The Morgan fingerprint density at radius 1 is 1.57 bits per heavy atom. The van der Waals surface area contributed by atoms with Crippen molar-refractivity contribution >= 4 is 5.91 Å². The molecule has 3 rings (SSSR count). The molecule has 124 valence electrons. The standard InChI is InChI=1S/C14H22N8O/c1-2-4-11(13-17-20-21-18-13)16-14(23)12-6-8-22(19-12)10-5-3-7-15-9-10/h6,8,10-11,15H,2-5,7,9H2,1H3,(H,16,23)(H,17,18,20,21). The Bertz CT molecular complexity index is 617. The molecule has 0 spiro atoms. The van der Waals surface area contributed by atoms with E-state index in [1.54, 1.807) is 6.07 Å². The largest absolute Gasteiger partial charge is 0.340 e. The van der Waals surface area contributed by atoms with Gasteiger partial charge in [-0.3, -0.25) is 9.48 Å². The molecule has 2 atom stereocenters. The van der Waals surface area contributed by atoms with E-state index >= 15 is 0 Å². The number of piperidine rings is 1. The quantitative estimate of drug-likeness (QED) is 0.718. The molecule has 0 bridgehead atoms. The van der Waals surface area contributed by atoms with Crippen LogP contribution in [0.1, 0.15) is 61.0 Å². The van der Waals surface area contributed by atoms with E-state index in [-0.39, 0.29) is 11.9 Å². The number of carbonyl (C=O) groups is 1. The Balaban J connectivity index is 1.66. The van der Waals surface area contributed by atoms with Gasteiger partial charge in [-0.15, -0.1) is 10.2 Å². The van der Waals surface area contributed by atoms with Gasteiger partial charge in [0.25, 0.3) is 5.91 Å². The smallest absolute Gasteiger partial charge is 0.272 e. The average Bonchev–Trinajstić information content (AvgIpc) is 3.27. The van der Waals surface area contributed by atoms with Crippen LogP contribution in [0, 0.1) is 0 Å². The highest BCUT2D eigenvalue weighted by Crippen LogP contribution is 2.17. The Kier molecular flexibility index (Phi) is 4.96. The van der Waals surface area contributed by atoms with Crippen molar-refractivity contribution in [1.29, 1.82) is 0 Å². The predicted octanol–water partition coefficient (Wildman–Crippen LogP) is 0.592. The van der Waals surface area contributed by atoms with Gasteiger partial charge in [-0.1, -0.05) is 18.6 Å². The van der Waals surface area contributed by atoms with Gasteiger partial charge < -0.3 is 10.6 Å². The molecule has 2 unspecified atom stereocenters. The molecule has 0 saturated carbocycles. The molecule has 0 aromatic carbocycles. The monoisotopic (exact) mass is 318 g/mol. The van der Waals surface area contributed by atoms with E-state index in [1.165, 1.54) is 0 Å². The molecular weight excluding hydrogens is 296 g/mol. The predicted molar refractivity (Wildman–Crippen MR) is 82.7 cm³/mol. The number of nitrogens with one attached hydrogen (secondary N) is 3. The second kappa shape index (κ2) is 7.32. The first-order valence-electron chi connectivity index (χ1n) is 8.08. The van der Waals surface area contributed by atoms with Crippen molar-refractivity contribution in [3.05, 3.63) is 23.8 Å². The van der Waals surface area contributed by atoms with Gasteiger partial charge in [0.05, 0.1) is 12.1 Å². The molecule has 1 saturated heterocycles. The first-order valence-corrected chi connectivity index (χ1v) is 8.08. The van der Waals surface area contributed by atoms with Crippen molar-refractivity contribution in [1.82, 2.24) is 41.0 Å². The zero-order valence-electron chi connectivity index (χ0n) is 13.2. The van der Waals surface area contributed by atoms with Crippen molar-refractivity contribution in [2.24, 2.45) is 0 Å². The number of aromatic amines is 1. The average molecular weight is 318 g/mol. The first-order chi connectivity index (χ1) is 11.3. The van der Waals surface area contributed by atoms with Crippen LogP contribution in [0.3, 0.4) is 0 Å². The summed E-state index contributed by atoms with van der Waals surface area (Å²) in [5, 5.41) is 24.6. The van der Waals surface area contributed by atoms with E-state index < -0.39 is 0 Å². The Morgan fingerprint density at radius 3 is 3.17 bits per heavy atom. The van der Waals surface area contributed by atoms with Crippen molar-refractivity contribution in [2.45, 2.75) is 44.7 Å². The number of nitrogens with zero attached hydrogens (tertiary/aromatic N) is 5. The molecule has 9 nitrogen and oxygen atoms in total. The van der Waals surface area contributed by atoms with Gasteiger partial charge in [-0.05, 0) is 31.9 Å². The normalized spacial score (nSPS) is 19.4. The van der Waals surface area contributed by atoms with Crippen LogP contribution in [0.15, 0.2) is 12.3 Å². The summed E-state index contributed by atoms with van der Waals surface area (Å²) in [6.45, 7) is 3.99. The molecule has 1 aliphatic rings. The van der Waals surface area contributed by atoms with Gasteiger partial charge in [0.15, 0.2) is 5.82 Å². The summed E-state index contributed by atoms with van der Waals surface area (Å²) in [5.74, 6) is 0.284. The molecule has 1 fully saturated rings. The maximum absolute atomic E-state index is 12.4. The Hall–Kier alpha value is -2.29. The van der Waals surface area contributed by atoms with Gasteiger partial charge in [-0.2, -0.15) is 10.3 Å². The number of aromatic nitrogens is 6. The van der Waals surface area contributed by atoms with E-state index in [0.717, 1.165) is 38.8 Å². The van der Waals surface area contributed by atoms with E-state index in [1.807, 2.05) is 17.8 Å². The van der Waals surface area contributed by atoms with Crippen LogP contribution >= 0.6 is 0 Å². The molecule has 0 radical (unpaired) electrons. The minimum absolute atomic E-state index is 0.212. The van der Waals surface area contributed by atoms with Crippen LogP contribution < -0.4 is 10.6 Å². The Morgan fingerprint density at radius 2 is 2.48 bits per heavy atom. The van der Waals surface area contributed by atoms with E-state index in [9.17, 15) is 4.79 Å². The first kappa shape index (κ1) is 15.6. The molecule has 0 aliphatic carbocycles. The summed E-state index contributed by atoms with van der Waals surface area (Å²) >= 11 is 0. The fourth-order valence-electron chi connectivity index (χ4n) is 2.83. The SMILES string of the molecule is CCCC(NC(=O)c1ccn(C2CCCNC2)n1)c1nn[nH]n1. The number of tetrazole rings is 1. The van der Waals surface area contributed by atoms with E-state index in [4.69, 9.17) is 0 Å². The van der Waals surface area contributed by atoms with Crippen LogP contribution in [0.5, 0.6) is 0 Å². The van der Waals surface area contributed by atoms with Crippen LogP contribution in [0.4, 0.5) is 0 Å². The zero-order chi connectivity index (χ0) is 16.1. The molecule has 1 amide bonds. The highest BCUT2D eigenvalue weighted by atomic mass is 16.2. The van der Waals surface area contributed by atoms with Gasteiger partial charge in [0.2, 0.25) is 0 Å². The minimum atomic E-state index is -0.257. The molecule has 2 aromatic rings. The highest BCUT2D eigenvalue weighted by Gasteiger charge is 2.21. The van der Waals surface area contributed by atoms with Crippen molar-refractivity contribution in [2.75, 3.05) is 13.1 Å². The third-order valence-corrected chi connectivity index (χ3v) is 4.04. The van der Waals surface area contributed by atoms with Gasteiger partial charge in [0.1, 0.15) is 5.69 Å². The number of hydrogen-bond donors (Lipinski definition) is 3. The van der Waals surface area contributed by atoms with Crippen LogP contribution in [0.2, 0.25) is 0 Å². The molecule has 3 heterocycles. The third-order valence-electron chi connectivity index (χ3n) is 4.04. The van der Waals surface area contributed by atoms with Crippen molar-refractivity contribution in [3.8, 4) is 0 Å². The number of rotatable bonds is 6. The van der Waals surface area contributed by atoms with Crippen LogP contribution in [0.25, 0.3) is 0 Å². The summed E-state index contributed by atoms with van der Waals surface area (Å²) in [7, 11) is 0. The summed E-state index contributed by atoms with van der Waals surface area (Å²) in [4.78, 5) is 12.4. The lowest BCUT2D eigenvalue weighted by molar-refractivity contribution is 0.0926. The molecule has 2 aromatic heterocycles. The lowest BCUT2D eigenvalue weighted by atomic mass is 10.1. The van der Waals surface area contributed by atoms with Gasteiger partial charge in [0, 0.05) is 12.7 Å². The molecule has 3 N–H and O–H groups in total. The fraction of sp³-hybridized carbons (Fsp3) is 0.643. The molecule has 23 heavy (non-hydrogen) atoms. The van der Waals surface area contributed by atoms with Gasteiger partial charge >= 0.3 is 0 Å². The van der Waals surface area contributed by atoms with Crippen LogP contribution in [-0.4, -0.2) is 49.4 Å². The van der Waals surface area contributed by atoms with Gasteiger partial charge in [-0.25, -0.2) is 0 Å². The third kappa shape index (κ3) is 3.73. The number of H-pyrrole nitrogens is 1. The minimum Gasteiger partial charge on any atom is -0.340 e. The lowest BCUT2D eigenvalue weighted by Gasteiger charge is -2.22. The zero-order valence-corrected chi connectivity index (χ0v) is 13.2. The summed E-state index contributed by atoms with van der Waals surface area (Å²) in [6, 6.07) is 1.81. The Labute approximate surface area is 134 Å². The summed E-state index contributed by atoms with van der Waals surface area (Å²) < 4.78 is 1.88. The fourth-order valence-corrected chi connectivity index (χ4v) is 2.83. The number of hydrogen-bond acceptors (Lipinski definition) is 6. The molecule has 1 aliphatic heterocycles. The van der Waals surface area contributed by atoms with E-state index in [2.05, 4.69) is 36.4 Å². The summed E-state index contributed by atoms with van der Waals surface area (Å²) in [5.41, 5.74) is 0.417. The van der Waals surface area contributed by atoms with Crippen molar-refractivity contribution < 1.29 is 4.79 Å². The number of amides is 1. The maximum Gasteiger partial charge on any atom is 0.272 e. The number of carbonyl (C=O) groups excluding carboxylic acids is 1. The van der Waals surface area contributed by atoms with Crippen LogP contribution in [-0.2, 0) is 0 Å². The van der Waals surface area contributed by atoms with Crippen molar-refractivity contribution in [3.63, 3.8) is 0 Å².